The lowest BCUT2D eigenvalue weighted by atomic mass is 9.93. The molecule has 0 bridgehead atoms. The second-order valence-electron chi connectivity index (χ2n) is 4.13. The Morgan fingerprint density at radius 3 is 3.00 bits per heavy atom. The summed E-state index contributed by atoms with van der Waals surface area (Å²) >= 11 is 0. The van der Waals surface area contributed by atoms with Crippen molar-refractivity contribution in [1.82, 2.24) is 10.6 Å². The normalized spacial score (nSPS) is 23.5. The molecule has 0 aliphatic carbocycles. The highest BCUT2D eigenvalue weighted by Crippen LogP contribution is 2.14. The largest absolute Gasteiger partial charge is 0.383 e. The van der Waals surface area contributed by atoms with Crippen LogP contribution in [0.25, 0.3) is 0 Å². The predicted octanol–water partition coefficient (Wildman–Crippen LogP) is 0.527. The van der Waals surface area contributed by atoms with Crippen molar-refractivity contribution < 1.29 is 9.53 Å². The third-order valence-corrected chi connectivity index (χ3v) is 2.97. The van der Waals surface area contributed by atoms with Gasteiger partial charge < -0.3 is 15.4 Å². The van der Waals surface area contributed by atoms with E-state index in [2.05, 4.69) is 10.6 Å². The van der Waals surface area contributed by atoms with Gasteiger partial charge in [0.2, 0.25) is 5.91 Å². The highest BCUT2D eigenvalue weighted by Gasteiger charge is 2.24. The molecular weight excluding hydrogens is 192 g/mol. The van der Waals surface area contributed by atoms with E-state index in [0.29, 0.717) is 19.2 Å². The molecule has 1 aliphatic rings. The molecule has 15 heavy (non-hydrogen) atoms. The van der Waals surface area contributed by atoms with Crippen LogP contribution >= 0.6 is 0 Å². The molecule has 2 atom stereocenters. The number of piperidine rings is 1. The molecule has 0 aromatic rings. The van der Waals surface area contributed by atoms with Gasteiger partial charge in [0.1, 0.15) is 0 Å². The first kappa shape index (κ1) is 12.5. The van der Waals surface area contributed by atoms with E-state index in [-0.39, 0.29) is 11.8 Å². The van der Waals surface area contributed by atoms with Crippen molar-refractivity contribution in [3.63, 3.8) is 0 Å². The lowest BCUT2D eigenvalue weighted by Gasteiger charge is -2.28. The molecule has 1 heterocycles. The van der Waals surface area contributed by atoms with Gasteiger partial charge in [-0.25, -0.2) is 0 Å². The number of carbonyl (C=O) groups is 1. The van der Waals surface area contributed by atoms with Gasteiger partial charge in [0.25, 0.3) is 0 Å². The van der Waals surface area contributed by atoms with E-state index >= 15 is 0 Å². The first-order valence-electron chi connectivity index (χ1n) is 5.75. The van der Waals surface area contributed by atoms with E-state index in [1.807, 2.05) is 6.92 Å². The third kappa shape index (κ3) is 4.18. The monoisotopic (exact) mass is 214 g/mol. The topological polar surface area (TPSA) is 50.4 Å². The molecule has 2 N–H and O–H groups in total. The number of methoxy groups -OCH3 is 1. The fourth-order valence-corrected chi connectivity index (χ4v) is 1.93. The molecule has 4 heteroatoms. The van der Waals surface area contributed by atoms with Crippen molar-refractivity contribution in [2.24, 2.45) is 5.92 Å². The minimum absolute atomic E-state index is 0.0576. The quantitative estimate of drug-likeness (QED) is 0.656. The van der Waals surface area contributed by atoms with Crippen LogP contribution in [0.4, 0.5) is 0 Å². The lowest BCUT2D eigenvalue weighted by Crippen LogP contribution is -2.46. The summed E-state index contributed by atoms with van der Waals surface area (Å²) in [4.78, 5) is 11.7. The van der Waals surface area contributed by atoms with Crippen molar-refractivity contribution >= 4 is 5.91 Å². The Kier molecular flexibility index (Phi) is 5.65. The summed E-state index contributed by atoms with van der Waals surface area (Å²) in [5.74, 6) is 0.189. The van der Waals surface area contributed by atoms with Crippen LogP contribution in [0.5, 0.6) is 0 Å². The maximum Gasteiger partial charge on any atom is 0.224 e. The van der Waals surface area contributed by atoms with Crippen LogP contribution in [0.3, 0.4) is 0 Å². The molecule has 0 saturated carbocycles. The van der Waals surface area contributed by atoms with Gasteiger partial charge in [0.05, 0.1) is 12.5 Å². The number of ether oxygens (including phenoxy) is 1. The molecule has 1 saturated heterocycles. The summed E-state index contributed by atoms with van der Waals surface area (Å²) in [6.45, 7) is 4.22. The van der Waals surface area contributed by atoms with Gasteiger partial charge in [0.15, 0.2) is 0 Å². The Morgan fingerprint density at radius 1 is 1.60 bits per heavy atom. The van der Waals surface area contributed by atoms with Gasteiger partial charge in [-0.05, 0) is 19.4 Å². The first-order valence-corrected chi connectivity index (χ1v) is 5.75. The van der Waals surface area contributed by atoms with Crippen molar-refractivity contribution in [3.8, 4) is 0 Å². The number of hydrogen-bond acceptors (Lipinski definition) is 3. The Bertz CT molecular complexity index is 191. The van der Waals surface area contributed by atoms with Crippen molar-refractivity contribution in [2.75, 3.05) is 26.8 Å². The molecule has 1 fully saturated rings. The van der Waals surface area contributed by atoms with Gasteiger partial charge in [-0.1, -0.05) is 13.3 Å². The van der Waals surface area contributed by atoms with E-state index in [0.717, 1.165) is 13.0 Å². The Morgan fingerprint density at radius 2 is 2.40 bits per heavy atom. The summed E-state index contributed by atoms with van der Waals surface area (Å²) in [6, 6.07) is 0.348. The van der Waals surface area contributed by atoms with Gasteiger partial charge in [-0.15, -0.1) is 0 Å². The average molecular weight is 214 g/mol. The van der Waals surface area contributed by atoms with Gasteiger partial charge >= 0.3 is 0 Å². The predicted molar refractivity (Wildman–Crippen MR) is 59.7 cm³/mol. The molecule has 1 rings (SSSR count). The van der Waals surface area contributed by atoms with Gasteiger partial charge in [-0.2, -0.15) is 0 Å². The van der Waals surface area contributed by atoms with E-state index < -0.39 is 0 Å². The third-order valence-electron chi connectivity index (χ3n) is 2.97. The van der Waals surface area contributed by atoms with Crippen molar-refractivity contribution in [1.29, 1.82) is 0 Å². The number of hydrogen-bond donors (Lipinski definition) is 2. The summed E-state index contributed by atoms with van der Waals surface area (Å²) in [7, 11) is 1.64. The molecule has 0 aromatic carbocycles. The van der Waals surface area contributed by atoms with Crippen LogP contribution in [0.1, 0.15) is 26.2 Å². The summed E-state index contributed by atoms with van der Waals surface area (Å²) in [5.41, 5.74) is 0. The second-order valence-corrected chi connectivity index (χ2v) is 4.13. The highest BCUT2D eigenvalue weighted by molar-refractivity contribution is 5.79. The van der Waals surface area contributed by atoms with Crippen LogP contribution in [0, 0.1) is 5.92 Å². The molecule has 1 aliphatic heterocycles. The standard InChI is InChI=1S/C11H22N2O2/c1-9(10-5-3-4-6-12-10)11(14)13-7-8-15-2/h9-10,12H,3-8H2,1-2H3,(H,13,14). The zero-order valence-corrected chi connectivity index (χ0v) is 9.71. The van der Waals surface area contributed by atoms with Gasteiger partial charge in [-0.3, -0.25) is 4.79 Å². The number of nitrogens with one attached hydrogen (secondary N) is 2. The highest BCUT2D eigenvalue weighted by atomic mass is 16.5. The SMILES string of the molecule is COCCNC(=O)C(C)C1CCCCN1. The smallest absolute Gasteiger partial charge is 0.224 e. The summed E-state index contributed by atoms with van der Waals surface area (Å²) in [6.07, 6.45) is 3.57. The molecule has 1 amide bonds. The molecule has 0 aromatic heterocycles. The zero-order valence-electron chi connectivity index (χ0n) is 9.71. The van der Waals surface area contributed by atoms with E-state index in [1.54, 1.807) is 7.11 Å². The zero-order chi connectivity index (χ0) is 11.1. The molecular formula is C11H22N2O2. The Balaban J connectivity index is 2.24. The minimum atomic E-state index is 0.0576. The van der Waals surface area contributed by atoms with E-state index in [4.69, 9.17) is 4.74 Å². The first-order chi connectivity index (χ1) is 7.25. The summed E-state index contributed by atoms with van der Waals surface area (Å²) in [5, 5.41) is 6.27. The molecule has 4 nitrogen and oxygen atoms in total. The van der Waals surface area contributed by atoms with Crippen LogP contribution in [0.2, 0.25) is 0 Å². The number of carbonyl (C=O) groups excluding carboxylic acids is 1. The van der Waals surface area contributed by atoms with Crippen LogP contribution in [0.15, 0.2) is 0 Å². The molecule has 2 unspecified atom stereocenters. The average Bonchev–Trinajstić information content (AvgIpc) is 2.29. The molecule has 0 radical (unpaired) electrons. The molecule has 0 spiro atoms. The fourth-order valence-electron chi connectivity index (χ4n) is 1.93. The lowest BCUT2D eigenvalue weighted by molar-refractivity contribution is -0.125. The van der Waals surface area contributed by atoms with Crippen LogP contribution in [-0.2, 0) is 9.53 Å². The fraction of sp³-hybridized carbons (Fsp3) is 0.909. The number of rotatable bonds is 5. The number of amides is 1. The van der Waals surface area contributed by atoms with Crippen molar-refractivity contribution in [3.05, 3.63) is 0 Å². The molecule has 88 valence electrons. The van der Waals surface area contributed by atoms with Crippen molar-refractivity contribution in [2.45, 2.75) is 32.2 Å². The van der Waals surface area contributed by atoms with Crippen LogP contribution in [-0.4, -0.2) is 38.8 Å². The second kappa shape index (κ2) is 6.80. The maximum absolute atomic E-state index is 11.7. The van der Waals surface area contributed by atoms with E-state index in [1.165, 1.54) is 12.8 Å². The minimum Gasteiger partial charge on any atom is -0.383 e. The van der Waals surface area contributed by atoms with Crippen LogP contribution < -0.4 is 10.6 Å². The van der Waals surface area contributed by atoms with Gasteiger partial charge in [0, 0.05) is 19.7 Å². The Hall–Kier alpha value is -0.610. The maximum atomic E-state index is 11.7. The summed E-state index contributed by atoms with van der Waals surface area (Å²) < 4.78 is 4.89. The Labute approximate surface area is 91.8 Å². The van der Waals surface area contributed by atoms with E-state index in [9.17, 15) is 4.79 Å².